The quantitative estimate of drug-likeness (QED) is 0.0769. The number of benzene rings is 3. The van der Waals surface area contributed by atoms with Crippen molar-refractivity contribution in [2.45, 2.75) is 16.1 Å². The molecule has 1 fully saturated rings. The molecule has 12 heteroatoms. The number of anilines is 1. The summed E-state index contributed by atoms with van der Waals surface area (Å²) in [6, 6.07) is 17.4. The number of ketones is 1. The number of amides is 1. The van der Waals surface area contributed by atoms with E-state index >= 15 is 0 Å². The number of aromatic nitrogens is 2. The lowest BCUT2D eigenvalue weighted by molar-refractivity contribution is -0.132. The van der Waals surface area contributed by atoms with Crippen LogP contribution >= 0.6 is 69.5 Å². The molecule has 192 valence electrons. The maximum Gasteiger partial charge on any atom is 0.301 e. The van der Waals surface area contributed by atoms with Gasteiger partial charge in [0, 0.05) is 31.4 Å². The molecule has 0 radical (unpaired) electrons. The number of aliphatic hydroxyl groups excluding tert-OH is 1. The van der Waals surface area contributed by atoms with Gasteiger partial charge >= 0.3 is 5.91 Å². The average molecular weight is 623 g/mol. The van der Waals surface area contributed by atoms with E-state index in [9.17, 15) is 14.7 Å². The fourth-order valence-corrected chi connectivity index (χ4v) is 6.87. The first kappa shape index (κ1) is 27.0. The van der Waals surface area contributed by atoms with Gasteiger partial charge in [-0.1, -0.05) is 112 Å². The fraction of sp³-hybridized carbons (Fsp3) is 0.0769. The van der Waals surface area contributed by atoms with E-state index in [0.717, 1.165) is 16.9 Å². The van der Waals surface area contributed by atoms with Crippen molar-refractivity contribution < 1.29 is 14.7 Å². The van der Waals surface area contributed by atoms with Crippen LogP contribution in [0.5, 0.6) is 0 Å². The number of hydrogen-bond acceptors (Lipinski definition) is 7. The lowest BCUT2D eigenvalue weighted by Crippen LogP contribution is -2.29. The molecule has 1 unspecified atom stereocenters. The predicted octanol–water partition coefficient (Wildman–Crippen LogP) is 8.07. The number of rotatable bonds is 6. The second-order valence-electron chi connectivity index (χ2n) is 8.08. The van der Waals surface area contributed by atoms with Crippen LogP contribution in [0.15, 0.2) is 76.6 Å². The largest absolute Gasteiger partial charge is 0.507 e. The zero-order valence-electron chi connectivity index (χ0n) is 19.1. The van der Waals surface area contributed by atoms with E-state index in [2.05, 4.69) is 10.2 Å². The standard InChI is InChI=1S/C26H15Cl4N3O3S2/c27-15-7-6-14(18(29)10-15)12-37-26-32-31-25(38-26)33-21(17-9-8-16(28)11-19(17)30)20(23(35)24(33)36)22(34)13-4-2-1-3-5-13/h1-11,21,34H,12H2/b22-20-. The lowest BCUT2D eigenvalue weighted by Gasteiger charge is -2.23. The zero-order chi connectivity index (χ0) is 27.0. The number of carbonyl (C=O) groups excluding carboxylic acids is 2. The average Bonchev–Trinajstić information content (AvgIpc) is 3.46. The van der Waals surface area contributed by atoms with Crippen LogP contribution in [0.2, 0.25) is 20.1 Å². The van der Waals surface area contributed by atoms with Gasteiger partial charge in [0.2, 0.25) is 5.13 Å². The van der Waals surface area contributed by atoms with Crippen molar-refractivity contribution in [3.05, 3.63) is 109 Å². The third-order valence-corrected chi connectivity index (χ3v) is 8.97. The first-order valence-corrected chi connectivity index (χ1v) is 14.3. The summed E-state index contributed by atoms with van der Waals surface area (Å²) < 4.78 is 0.553. The van der Waals surface area contributed by atoms with Gasteiger partial charge in [-0.25, -0.2) is 0 Å². The molecule has 4 aromatic rings. The molecule has 5 rings (SSSR count). The molecule has 3 aromatic carbocycles. The van der Waals surface area contributed by atoms with Crippen LogP contribution in [0.3, 0.4) is 0 Å². The monoisotopic (exact) mass is 621 g/mol. The minimum Gasteiger partial charge on any atom is -0.507 e. The lowest BCUT2D eigenvalue weighted by atomic mass is 9.95. The van der Waals surface area contributed by atoms with Crippen LogP contribution in [0.25, 0.3) is 5.76 Å². The molecule has 1 atom stereocenters. The molecule has 0 bridgehead atoms. The summed E-state index contributed by atoms with van der Waals surface area (Å²) in [5.74, 6) is -1.55. The first-order valence-electron chi connectivity index (χ1n) is 11.0. The molecule has 0 aliphatic carbocycles. The van der Waals surface area contributed by atoms with E-state index in [0.29, 0.717) is 36.3 Å². The van der Waals surface area contributed by atoms with Gasteiger partial charge in [-0.3, -0.25) is 14.5 Å². The summed E-state index contributed by atoms with van der Waals surface area (Å²) in [6.07, 6.45) is 0. The highest BCUT2D eigenvalue weighted by Crippen LogP contribution is 2.46. The Hall–Kier alpha value is -2.59. The van der Waals surface area contributed by atoms with E-state index < -0.39 is 17.7 Å². The van der Waals surface area contributed by atoms with E-state index in [-0.39, 0.29) is 21.5 Å². The van der Waals surface area contributed by atoms with Crippen molar-refractivity contribution in [2.24, 2.45) is 0 Å². The number of aliphatic hydroxyl groups is 1. The van der Waals surface area contributed by atoms with Gasteiger partial charge in [-0.2, -0.15) is 0 Å². The van der Waals surface area contributed by atoms with Crippen molar-refractivity contribution in [3.8, 4) is 0 Å². The molecule has 1 aliphatic heterocycles. The number of halogens is 4. The van der Waals surface area contributed by atoms with Crippen molar-refractivity contribution >= 4 is 92.1 Å². The molecular formula is C26H15Cl4N3O3S2. The molecule has 0 spiro atoms. The molecule has 1 amide bonds. The molecule has 1 aromatic heterocycles. The van der Waals surface area contributed by atoms with E-state index in [1.54, 1.807) is 54.6 Å². The van der Waals surface area contributed by atoms with Crippen molar-refractivity contribution in [1.29, 1.82) is 0 Å². The van der Waals surface area contributed by atoms with Gasteiger partial charge in [-0.15, -0.1) is 10.2 Å². The summed E-state index contributed by atoms with van der Waals surface area (Å²) in [7, 11) is 0. The Kier molecular flexibility index (Phi) is 8.00. The SMILES string of the molecule is O=C1C(=O)N(c2nnc(SCc3ccc(Cl)cc3Cl)s2)C(c2ccc(Cl)cc2Cl)/C1=C(/O)c1ccccc1. The Morgan fingerprint density at radius 2 is 1.61 bits per heavy atom. The summed E-state index contributed by atoms with van der Waals surface area (Å²) in [5.41, 5.74) is 1.54. The highest BCUT2D eigenvalue weighted by Gasteiger charge is 2.49. The third kappa shape index (κ3) is 5.30. The second-order valence-corrected chi connectivity index (χ2v) is 11.9. The van der Waals surface area contributed by atoms with Crippen molar-refractivity contribution in [2.75, 3.05) is 4.90 Å². The van der Waals surface area contributed by atoms with Gasteiger partial charge in [0.15, 0.2) is 4.34 Å². The van der Waals surface area contributed by atoms with Crippen LogP contribution in [-0.2, 0) is 15.3 Å². The van der Waals surface area contributed by atoms with E-state index in [1.165, 1.54) is 22.7 Å². The summed E-state index contributed by atoms with van der Waals surface area (Å²) in [4.78, 5) is 27.9. The van der Waals surface area contributed by atoms with Crippen LogP contribution in [0, 0.1) is 0 Å². The van der Waals surface area contributed by atoms with Gasteiger partial charge in [0.05, 0.1) is 11.6 Å². The maximum atomic E-state index is 13.3. The Morgan fingerprint density at radius 3 is 2.29 bits per heavy atom. The number of carbonyl (C=O) groups is 2. The van der Waals surface area contributed by atoms with Crippen molar-refractivity contribution in [3.63, 3.8) is 0 Å². The Morgan fingerprint density at radius 1 is 0.921 bits per heavy atom. The molecule has 38 heavy (non-hydrogen) atoms. The van der Waals surface area contributed by atoms with Gasteiger partial charge in [-0.05, 0) is 35.4 Å². The van der Waals surface area contributed by atoms with E-state index in [1.807, 2.05) is 6.07 Å². The van der Waals surface area contributed by atoms with Crippen LogP contribution < -0.4 is 4.90 Å². The number of Topliss-reactive ketones (excluding diaryl/α,β-unsaturated/α-hetero) is 1. The first-order chi connectivity index (χ1) is 18.2. The van der Waals surface area contributed by atoms with E-state index in [4.69, 9.17) is 46.4 Å². The molecule has 1 saturated heterocycles. The van der Waals surface area contributed by atoms with Crippen molar-refractivity contribution in [1.82, 2.24) is 10.2 Å². The molecular weight excluding hydrogens is 608 g/mol. The number of thioether (sulfide) groups is 1. The number of nitrogens with zero attached hydrogens (tertiary/aromatic N) is 3. The molecule has 6 nitrogen and oxygen atoms in total. The molecule has 0 saturated carbocycles. The summed E-state index contributed by atoms with van der Waals surface area (Å²) in [6.45, 7) is 0. The minimum absolute atomic E-state index is 0.109. The molecule has 1 N–H and O–H groups in total. The highest BCUT2D eigenvalue weighted by molar-refractivity contribution is 8.00. The smallest absolute Gasteiger partial charge is 0.301 e. The Labute approximate surface area is 245 Å². The molecule has 1 aliphatic rings. The van der Waals surface area contributed by atoms with Crippen LogP contribution in [-0.4, -0.2) is 27.0 Å². The van der Waals surface area contributed by atoms with Gasteiger partial charge in [0.25, 0.3) is 5.78 Å². The third-order valence-electron chi connectivity index (χ3n) is 5.72. The van der Waals surface area contributed by atoms with Gasteiger partial charge < -0.3 is 5.11 Å². The van der Waals surface area contributed by atoms with Gasteiger partial charge in [0.1, 0.15) is 5.76 Å². The Bertz CT molecular complexity index is 1590. The zero-order valence-corrected chi connectivity index (χ0v) is 23.7. The normalized spacial score (nSPS) is 16.8. The fourth-order valence-electron chi connectivity index (χ4n) is 3.94. The minimum atomic E-state index is -1.04. The number of hydrogen-bond donors (Lipinski definition) is 1. The topological polar surface area (TPSA) is 83.4 Å². The summed E-state index contributed by atoms with van der Waals surface area (Å²) >= 11 is 27.4. The molecule has 2 heterocycles. The second kappa shape index (κ2) is 11.3. The maximum absolute atomic E-state index is 13.3. The predicted molar refractivity (Wildman–Crippen MR) is 154 cm³/mol. The van der Waals surface area contributed by atoms with Crippen LogP contribution in [0.1, 0.15) is 22.7 Å². The highest BCUT2D eigenvalue weighted by atomic mass is 35.5. The summed E-state index contributed by atoms with van der Waals surface area (Å²) in [5, 5.41) is 21.4. The van der Waals surface area contributed by atoms with Crippen LogP contribution in [0.4, 0.5) is 5.13 Å². The Balaban J connectivity index is 1.55.